The predicted octanol–water partition coefficient (Wildman–Crippen LogP) is 3.09. The van der Waals surface area contributed by atoms with Gasteiger partial charge in [-0.25, -0.2) is 0 Å². The molecule has 0 bridgehead atoms. The van der Waals surface area contributed by atoms with Gasteiger partial charge in [0.2, 0.25) is 5.91 Å². The summed E-state index contributed by atoms with van der Waals surface area (Å²) in [6.07, 6.45) is -0.0716. The van der Waals surface area contributed by atoms with E-state index in [9.17, 15) is 14.4 Å². The van der Waals surface area contributed by atoms with E-state index in [0.717, 1.165) is 5.56 Å². The molecule has 0 spiro atoms. The average Bonchev–Trinajstić information content (AvgIpc) is 2.62. The van der Waals surface area contributed by atoms with Gasteiger partial charge in [0, 0.05) is 17.6 Å². The van der Waals surface area contributed by atoms with Gasteiger partial charge in [-0.15, -0.1) is 0 Å². The van der Waals surface area contributed by atoms with Crippen molar-refractivity contribution in [2.75, 3.05) is 11.9 Å². The number of hydrogen-bond acceptors (Lipinski definition) is 4. The van der Waals surface area contributed by atoms with Crippen LogP contribution in [0.4, 0.5) is 5.69 Å². The lowest BCUT2D eigenvalue weighted by Crippen LogP contribution is -2.29. The lowest BCUT2D eigenvalue weighted by atomic mass is 10.0. The highest BCUT2D eigenvalue weighted by Crippen LogP contribution is 2.17. The summed E-state index contributed by atoms with van der Waals surface area (Å²) in [5.41, 5.74) is 1.33. The maximum atomic E-state index is 12.0. The number of esters is 1. The van der Waals surface area contributed by atoms with Crippen molar-refractivity contribution >= 4 is 35.1 Å². The van der Waals surface area contributed by atoms with Gasteiger partial charge in [0.1, 0.15) is 0 Å². The van der Waals surface area contributed by atoms with E-state index in [0.29, 0.717) is 10.7 Å². The molecule has 0 heterocycles. The second-order valence-corrected chi connectivity index (χ2v) is 6.02. The Bertz CT molecular complexity index is 763. The zero-order valence-corrected chi connectivity index (χ0v) is 15.0. The fourth-order valence-corrected chi connectivity index (χ4v) is 2.41. The number of nitrogens with one attached hydrogen (secondary N) is 2. The molecule has 1 atom stereocenters. The van der Waals surface area contributed by atoms with E-state index in [4.69, 9.17) is 16.3 Å². The molecule has 0 aliphatic rings. The van der Waals surface area contributed by atoms with Gasteiger partial charge in [0.05, 0.1) is 12.5 Å². The van der Waals surface area contributed by atoms with Crippen LogP contribution < -0.4 is 10.6 Å². The molecule has 2 aromatic rings. The molecule has 0 fully saturated rings. The Hall–Kier alpha value is -2.86. The van der Waals surface area contributed by atoms with E-state index in [1.165, 1.54) is 6.92 Å². The van der Waals surface area contributed by atoms with Crippen LogP contribution in [0.2, 0.25) is 5.02 Å². The highest BCUT2D eigenvalue weighted by atomic mass is 35.5. The van der Waals surface area contributed by atoms with E-state index in [1.807, 2.05) is 18.2 Å². The third kappa shape index (κ3) is 6.57. The molecule has 2 rings (SSSR count). The van der Waals surface area contributed by atoms with Gasteiger partial charge >= 0.3 is 5.97 Å². The molecule has 136 valence electrons. The van der Waals surface area contributed by atoms with E-state index in [2.05, 4.69) is 10.6 Å². The summed E-state index contributed by atoms with van der Waals surface area (Å²) < 4.78 is 5.00. The molecule has 2 aromatic carbocycles. The molecule has 0 unspecified atom stereocenters. The summed E-state index contributed by atoms with van der Waals surface area (Å²) >= 11 is 5.77. The molecule has 0 saturated heterocycles. The number of amides is 2. The first-order valence-corrected chi connectivity index (χ1v) is 8.35. The SMILES string of the molecule is CC(=O)N[C@@H](CC(=O)OCC(=O)Nc1ccc(Cl)cc1)c1ccccc1. The van der Waals surface area contributed by atoms with Crippen LogP contribution in [-0.2, 0) is 19.1 Å². The Labute approximate surface area is 156 Å². The number of benzene rings is 2. The number of halogens is 1. The molecule has 0 saturated carbocycles. The van der Waals surface area contributed by atoms with Crippen molar-refractivity contribution < 1.29 is 19.1 Å². The van der Waals surface area contributed by atoms with Crippen LogP contribution in [0.5, 0.6) is 0 Å². The van der Waals surface area contributed by atoms with Crippen molar-refractivity contribution in [3.8, 4) is 0 Å². The lowest BCUT2D eigenvalue weighted by molar-refractivity contribution is -0.148. The van der Waals surface area contributed by atoms with Crippen LogP contribution in [0.15, 0.2) is 54.6 Å². The standard InChI is InChI=1S/C19H19ClN2O4/c1-13(23)21-17(14-5-3-2-4-6-14)11-19(25)26-12-18(24)22-16-9-7-15(20)8-10-16/h2-10,17H,11-12H2,1H3,(H,21,23)(H,22,24)/t17-/m0/s1. The highest BCUT2D eigenvalue weighted by Gasteiger charge is 2.18. The second kappa shape index (κ2) is 9.58. The molecular weight excluding hydrogens is 356 g/mol. The quantitative estimate of drug-likeness (QED) is 0.729. The summed E-state index contributed by atoms with van der Waals surface area (Å²) in [7, 11) is 0. The fourth-order valence-electron chi connectivity index (χ4n) is 2.28. The van der Waals surface area contributed by atoms with E-state index < -0.39 is 24.5 Å². The normalized spacial score (nSPS) is 11.3. The third-order valence-corrected chi connectivity index (χ3v) is 3.69. The minimum atomic E-state index is -0.584. The monoisotopic (exact) mass is 374 g/mol. The Morgan fingerprint density at radius 3 is 2.31 bits per heavy atom. The Morgan fingerprint density at radius 2 is 1.69 bits per heavy atom. The number of carbonyl (C=O) groups excluding carboxylic acids is 3. The van der Waals surface area contributed by atoms with Gasteiger partial charge in [-0.2, -0.15) is 0 Å². The summed E-state index contributed by atoms with van der Waals surface area (Å²) in [6, 6.07) is 15.1. The maximum Gasteiger partial charge on any atom is 0.308 e. The summed E-state index contributed by atoms with van der Waals surface area (Å²) in [5, 5.41) is 5.86. The van der Waals surface area contributed by atoms with E-state index in [-0.39, 0.29) is 12.3 Å². The van der Waals surface area contributed by atoms with Crippen LogP contribution in [0.3, 0.4) is 0 Å². The third-order valence-electron chi connectivity index (χ3n) is 3.44. The van der Waals surface area contributed by atoms with E-state index >= 15 is 0 Å². The molecule has 0 radical (unpaired) electrons. The average molecular weight is 375 g/mol. The molecule has 7 heteroatoms. The highest BCUT2D eigenvalue weighted by molar-refractivity contribution is 6.30. The molecule has 0 aromatic heterocycles. The Morgan fingerprint density at radius 1 is 1.04 bits per heavy atom. The first-order chi connectivity index (χ1) is 12.4. The smallest absolute Gasteiger partial charge is 0.308 e. The van der Waals surface area contributed by atoms with Crippen molar-refractivity contribution in [2.45, 2.75) is 19.4 Å². The number of hydrogen-bond donors (Lipinski definition) is 2. The topological polar surface area (TPSA) is 84.5 Å². The molecule has 6 nitrogen and oxygen atoms in total. The fraction of sp³-hybridized carbons (Fsp3) is 0.211. The zero-order chi connectivity index (χ0) is 18.9. The van der Waals surface area contributed by atoms with Crippen LogP contribution in [-0.4, -0.2) is 24.4 Å². The summed E-state index contributed by atoms with van der Waals surface area (Å²) in [6.45, 7) is 0.962. The second-order valence-electron chi connectivity index (χ2n) is 5.58. The zero-order valence-electron chi connectivity index (χ0n) is 14.2. The molecule has 26 heavy (non-hydrogen) atoms. The summed E-state index contributed by atoms with van der Waals surface area (Å²) in [4.78, 5) is 35.2. The number of carbonyl (C=O) groups is 3. The van der Waals surface area contributed by atoms with Crippen molar-refractivity contribution in [2.24, 2.45) is 0 Å². The van der Waals surface area contributed by atoms with Gasteiger partial charge in [-0.05, 0) is 29.8 Å². The first kappa shape index (κ1) is 19.5. The van der Waals surface area contributed by atoms with E-state index in [1.54, 1.807) is 36.4 Å². The number of rotatable bonds is 7. The maximum absolute atomic E-state index is 12.0. The first-order valence-electron chi connectivity index (χ1n) is 7.97. The largest absolute Gasteiger partial charge is 0.455 e. The van der Waals surface area contributed by atoms with Crippen LogP contribution in [0.1, 0.15) is 24.9 Å². The van der Waals surface area contributed by atoms with Crippen molar-refractivity contribution in [3.63, 3.8) is 0 Å². The van der Waals surface area contributed by atoms with Gasteiger partial charge in [0.15, 0.2) is 6.61 Å². The summed E-state index contributed by atoms with van der Waals surface area (Å²) in [5.74, 6) is -1.30. The van der Waals surface area contributed by atoms with Crippen molar-refractivity contribution in [1.82, 2.24) is 5.32 Å². The minimum Gasteiger partial charge on any atom is -0.455 e. The molecular formula is C19H19ClN2O4. The van der Waals surface area contributed by atoms with Crippen molar-refractivity contribution in [3.05, 3.63) is 65.2 Å². The minimum absolute atomic E-state index is 0.0716. The predicted molar refractivity (Wildman–Crippen MR) is 98.7 cm³/mol. The van der Waals surface area contributed by atoms with Crippen LogP contribution >= 0.6 is 11.6 Å². The number of ether oxygens (including phenoxy) is 1. The van der Waals surface area contributed by atoms with Crippen LogP contribution in [0.25, 0.3) is 0 Å². The van der Waals surface area contributed by atoms with Gasteiger partial charge in [-0.1, -0.05) is 41.9 Å². The lowest BCUT2D eigenvalue weighted by Gasteiger charge is -2.17. The van der Waals surface area contributed by atoms with Gasteiger partial charge in [0.25, 0.3) is 5.91 Å². The van der Waals surface area contributed by atoms with Gasteiger partial charge in [-0.3, -0.25) is 14.4 Å². The number of anilines is 1. The van der Waals surface area contributed by atoms with Crippen molar-refractivity contribution in [1.29, 1.82) is 0 Å². The van der Waals surface area contributed by atoms with Gasteiger partial charge < -0.3 is 15.4 Å². The molecule has 0 aliphatic heterocycles. The molecule has 0 aliphatic carbocycles. The Kier molecular flexibility index (Phi) is 7.17. The molecule has 2 N–H and O–H groups in total. The molecule has 2 amide bonds. The van der Waals surface area contributed by atoms with Crippen LogP contribution in [0, 0.1) is 0 Å². The Balaban J connectivity index is 1.86.